The van der Waals surface area contributed by atoms with Crippen molar-refractivity contribution >= 4 is 21.8 Å². The number of hydrogen-bond acceptors (Lipinski definition) is 2. The number of hydrogen-bond donors (Lipinski definition) is 0. The maximum absolute atomic E-state index is 4.52. The van der Waals surface area contributed by atoms with Crippen LogP contribution in [-0.4, -0.2) is 9.97 Å². The Balaban J connectivity index is 2.52. The number of rotatable bonds is 0. The van der Waals surface area contributed by atoms with Crippen LogP contribution >= 0.6 is 0 Å². The Morgan fingerprint density at radius 2 is 1.71 bits per heavy atom. The van der Waals surface area contributed by atoms with Gasteiger partial charge in [-0.2, -0.15) is 0 Å². The molecular formula is C12H8N2. The number of para-hydroxylation sites is 1. The molecule has 0 bridgehead atoms. The Hall–Kier alpha value is -1.96. The second-order valence-corrected chi connectivity index (χ2v) is 3.25. The molecule has 3 rings (SSSR count). The minimum atomic E-state index is 0.950. The van der Waals surface area contributed by atoms with E-state index >= 15 is 0 Å². The molecule has 3 aromatic rings. The molecule has 0 atom stereocenters. The lowest BCUT2D eigenvalue weighted by Crippen LogP contribution is -1.82. The normalized spacial score (nSPS) is 10.9. The average molecular weight is 180 g/mol. The van der Waals surface area contributed by atoms with Gasteiger partial charge in [-0.05, 0) is 18.2 Å². The van der Waals surface area contributed by atoms with Gasteiger partial charge in [-0.1, -0.05) is 18.2 Å². The predicted octanol–water partition coefficient (Wildman–Crippen LogP) is 2.78. The zero-order valence-electron chi connectivity index (χ0n) is 7.51. The Labute approximate surface area is 81.2 Å². The lowest BCUT2D eigenvalue weighted by Gasteiger charge is -1.99. The number of fused-ring (bicyclic) bond motifs is 2. The minimum Gasteiger partial charge on any atom is -0.262 e. The summed E-state index contributed by atoms with van der Waals surface area (Å²) in [4.78, 5) is 8.57. The first kappa shape index (κ1) is 7.44. The summed E-state index contributed by atoms with van der Waals surface area (Å²) in [6.45, 7) is 0. The van der Waals surface area contributed by atoms with Gasteiger partial charge < -0.3 is 0 Å². The van der Waals surface area contributed by atoms with E-state index < -0.39 is 0 Å². The summed E-state index contributed by atoms with van der Waals surface area (Å²) in [7, 11) is 0. The predicted molar refractivity (Wildman–Crippen MR) is 57.0 cm³/mol. The van der Waals surface area contributed by atoms with Crippen molar-refractivity contribution in [3.05, 3.63) is 48.8 Å². The van der Waals surface area contributed by atoms with Crippen LogP contribution in [0.15, 0.2) is 48.8 Å². The fourth-order valence-corrected chi connectivity index (χ4v) is 1.62. The summed E-state index contributed by atoms with van der Waals surface area (Å²) in [6.07, 6.45) is 3.58. The van der Waals surface area contributed by atoms with Crippen molar-refractivity contribution in [1.82, 2.24) is 9.97 Å². The molecule has 0 aliphatic carbocycles. The SMILES string of the molecule is c1ccc2nc3cnccc3cc2c1. The Bertz CT molecular complexity index is 497. The molecule has 0 N–H and O–H groups in total. The highest BCUT2D eigenvalue weighted by Crippen LogP contribution is 2.17. The molecule has 0 unspecified atom stereocenters. The summed E-state index contributed by atoms with van der Waals surface area (Å²) in [6, 6.07) is 12.2. The van der Waals surface area contributed by atoms with Crippen molar-refractivity contribution in [3.8, 4) is 0 Å². The molecule has 66 valence electrons. The van der Waals surface area contributed by atoms with Crippen LogP contribution in [0.2, 0.25) is 0 Å². The van der Waals surface area contributed by atoms with Crippen LogP contribution < -0.4 is 0 Å². The van der Waals surface area contributed by atoms with Gasteiger partial charge in [0.15, 0.2) is 0 Å². The summed E-state index contributed by atoms with van der Waals surface area (Å²) in [5.41, 5.74) is 1.97. The molecular weight excluding hydrogens is 172 g/mol. The molecule has 0 fully saturated rings. The van der Waals surface area contributed by atoms with E-state index in [1.165, 1.54) is 5.39 Å². The fraction of sp³-hybridized carbons (Fsp3) is 0. The van der Waals surface area contributed by atoms with Crippen LogP contribution in [0.25, 0.3) is 21.8 Å². The van der Waals surface area contributed by atoms with Crippen LogP contribution in [0.5, 0.6) is 0 Å². The van der Waals surface area contributed by atoms with E-state index in [-0.39, 0.29) is 0 Å². The largest absolute Gasteiger partial charge is 0.262 e. The lowest BCUT2D eigenvalue weighted by atomic mass is 10.1. The Morgan fingerprint density at radius 1 is 0.857 bits per heavy atom. The Kier molecular flexibility index (Phi) is 1.47. The first-order chi connectivity index (χ1) is 6.93. The van der Waals surface area contributed by atoms with Crippen molar-refractivity contribution in [2.45, 2.75) is 0 Å². The first-order valence-electron chi connectivity index (χ1n) is 4.53. The Morgan fingerprint density at radius 3 is 2.71 bits per heavy atom. The molecule has 1 aromatic carbocycles. The summed E-state index contributed by atoms with van der Waals surface area (Å²) in [5, 5.41) is 2.31. The number of nitrogens with zero attached hydrogens (tertiary/aromatic N) is 2. The van der Waals surface area contributed by atoms with Gasteiger partial charge in [-0.25, -0.2) is 4.98 Å². The molecule has 2 aromatic heterocycles. The summed E-state index contributed by atoms with van der Waals surface area (Å²) < 4.78 is 0. The average Bonchev–Trinajstić information content (AvgIpc) is 2.26. The first-order valence-corrected chi connectivity index (χ1v) is 4.53. The molecule has 0 saturated carbocycles. The third-order valence-corrected chi connectivity index (χ3v) is 2.32. The molecule has 0 saturated heterocycles. The second-order valence-electron chi connectivity index (χ2n) is 3.25. The van der Waals surface area contributed by atoms with Crippen LogP contribution in [0.4, 0.5) is 0 Å². The third-order valence-electron chi connectivity index (χ3n) is 2.32. The molecule has 2 heterocycles. The van der Waals surface area contributed by atoms with Gasteiger partial charge in [0.1, 0.15) is 0 Å². The molecule has 0 amide bonds. The van der Waals surface area contributed by atoms with Crippen molar-refractivity contribution in [3.63, 3.8) is 0 Å². The highest BCUT2D eigenvalue weighted by Gasteiger charge is 1.97. The van der Waals surface area contributed by atoms with Gasteiger partial charge in [0.2, 0.25) is 0 Å². The smallest absolute Gasteiger partial charge is 0.0892 e. The van der Waals surface area contributed by atoms with Gasteiger partial charge in [0.25, 0.3) is 0 Å². The second kappa shape index (κ2) is 2.77. The molecule has 0 radical (unpaired) electrons. The van der Waals surface area contributed by atoms with Crippen molar-refractivity contribution in [2.24, 2.45) is 0 Å². The minimum absolute atomic E-state index is 0.950. The maximum Gasteiger partial charge on any atom is 0.0892 e. The van der Waals surface area contributed by atoms with Gasteiger partial charge in [-0.15, -0.1) is 0 Å². The van der Waals surface area contributed by atoms with Crippen LogP contribution in [0.3, 0.4) is 0 Å². The fourth-order valence-electron chi connectivity index (χ4n) is 1.62. The number of aromatic nitrogens is 2. The van der Waals surface area contributed by atoms with Crippen molar-refractivity contribution in [2.75, 3.05) is 0 Å². The van der Waals surface area contributed by atoms with Crippen LogP contribution in [-0.2, 0) is 0 Å². The zero-order valence-corrected chi connectivity index (χ0v) is 7.51. The van der Waals surface area contributed by atoms with Crippen LogP contribution in [0.1, 0.15) is 0 Å². The van der Waals surface area contributed by atoms with E-state index in [0.717, 1.165) is 16.4 Å². The van der Waals surface area contributed by atoms with E-state index in [2.05, 4.69) is 22.1 Å². The molecule has 14 heavy (non-hydrogen) atoms. The van der Waals surface area contributed by atoms with Gasteiger partial charge in [-0.3, -0.25) is 4.98 Å². The maximum atomic E-state index is 4.52. The highest BCUT2D eigenvalue weighted by atomic mass is 14.7. The summed E-state index contributed by atoms with van der Waals surface area (Å²) in [5.74, 6) is 0. The standard InChI is InChI=1S/C12H8N2/c1-2-4-11-9(3-1)7-10-5-6-13-8-12(10)14-11/h1-8H. The van der Waals surface area contributed by atoms with Gasteiger partial charge >= 0.3 is 0 Å². The van der Waals surface area contributed by atoms with Crippen LogP contribution in [0, 0.1) is 0 Å². The van der Waals surface area contributed by atoms with E-state index in [1.807, 2.05) is 24.3 Å². The van der Waals surface area contributed by atoms with E-state index in [9.17, 15) is 0 Å². The topological polar surface area (TPSA) is 25.8 Å². The van der Waals surface area contributed by atoms with E-state index in [1.54, 1.807) is 12.4 Å². The molecule has 0 aliphatic heterocycles. The molecule has 0 aliphatic rings. The van der Waals surface area contributed by atoms with E-state index in [0.29, 0.717) is 0 Å². The van der Waals surface area contributed by atoms with Gasteiger partial charge in [0.05, 0.1) is 17.2 Å². The summed E-state index contributed by atoms with van der Waals surface area (Å²) >= 11 is 0. The monoisotopic (exact) mass is 180 g/mol. The number of pyridine rings is 2. The lowest BCUT2D eigenvalue weighted by molar-refractivity contribution is 1.33. The number of benzene rings is 1. The van der Waals surface area contributed by atoms with E-state index in [4.69, 9.17) is 0 Å². The third kappa shape index (κ3) is 1.04. The molecule has 0 spiro atoms. The quantitative estimate of drug-likeness (QED) is 0.497. The molecule has 2 heteroatoms. The highest BCUT2D eigenvalue weighted by molar-refractivity contribution is 5.91. The van der Waals surface area contributed by atoms with Gasteiger partial charge in [0, 0.05) is 17.0 Å². The molecule has 2 nitrogen and oxygen atoms in total. The van der Waals surface area contributed by atoms with Crippen molar-refractivity contribution < 1.29 is 0 Å². The zero-order chi connectivity index (χ0) is 9.38. The van der Waals surface area contributed by atoms with Crippen molar-refractivity contribution in [1.29, 1.82) is 0 Å².